The number of carbonyl (C=O) groups excluding carboxylic acids is 1. The molecule has 2 aromatic rings. The maximum Gasteiger partial charge on any atom is 0.227 e. The van der Waals surface area contributed by atoms with Gasteiger partial charge in [-0.2, -0.15) is 0 Å². The van der Waals surface area contributed by atoms with Crippen LogP contribution >= 0.6 is 12.1 Å². The molecule has 0 aliphatic carbocycles. The predicted octanol–water partition coefficient (Wildman–Crippen LogP) is 4.69. The van der Waals surface area contributed by atoms with Crippen molar-refractivity contribution >= 4 is 29.4 Å². The van der Waals surface area contributed by atoms with Crippen molar-refractivity contribution in [2.75, 3.05) is 16.2 Å². The Kier molecular flexibility index (Phi) is 6.36. The highest BCUT2D eigenvalue weighted by atomic mass is 32.2. The van der Waals surface area contributed by atoms with Crippen LogP contribution in [-0.4, -0.2) is 22.1 Å². The molecule has 7 heteroatoms. The summed E-state index contributed by atoms with van der Waals surface area (Å²) in [6, 6.07) is 10.8. The molecule has 5 nitrogen and oxygen atoms in total. The second kappa shape index (κ2) is 8.73. The minimum atomic E-state index is -0.330. The van der Waals surface area contributed by atoms with E-state index >= 15 is 0 Å². The first kappa shape index (κ1) is 19.7. The second-order valence-corrected chi connectivity index (χ2v) is 7.50. The number of fused-ring (bicyclic) bond motifs is 1. The molecule has 0 aromatic heterocycles. The third-order valence-corrected chi connectivity index (χ3v) is 5.18. The molecule has 0 saturated heterocycles. The summed E-state index contributed by atoms with van der Waals surface area (Å²) in [6.45, 7) is 4.67. The van der Waals surface area contributed by atoms with Crippen LogP contribution in [0.1, 0.15) is 36.5 Å². The molecule has 0 atom stereocenters. The number of nitrogens with one attached hydrogen (secondary N) is 1. The lowest BCUT2D eigenvalue weighted by Gasteiger charge is -2.29. The molecule has 0 radical (unpaired) electrons. The van der Waals surface area contributed by atoms with Gasteiger partial charge in [0.2, 0.25) is 5.91 Å². The summed E-state index contributed by atoms with van der Waals surface area (Å²) in [5.74, 6) is -0.162. The second-order valence-electron chi connectivity index (χ2n) is 6.69. The van der Waals surface area contributed by atoms with Gasteiger partial charge in [-0.15, -0.1) is 4.47 Å². The number of amides is 1. The van der Waals surface area contributed by atoms with Gasteiger partial charge in [-0.1, -0.05) is 19.1 Å². The van der Waals surface area contributed by atoms with Gasteiger partial charge >= 0.3 is 0 Å². The van der Waals surface area contributed by atoms with Crippen molar-refractivity contribution in [1.82, 2.24) is 4.47 Å². The first-order chi connectivity index (χ1) is 13.0. The molecule has 2 aromatic carbocycles. The van der Waals surface area contributed by atoms with Gasteiger partial charge in [0.1, 0.15) is 5.82 Å². The van der Waals surface area contributed by atoms with E-state index in [2.05, 4.69) is 11.6 Å². The fraction of sp³-hybridized carbons (Fsp3) is 0.350. The lowest BCUT2D eigenvalue weighted by atomic mass is 10.0. The Balaban J connectivity index is 1.62. The van der Waals surface area contributed by atoms with Crippen LogP contribution in [0.3, 0.4) is 0 Å². The number of nitrogens with zero attached hydrogens (tertiary/aromatic N) is 2. The average molecular weight is 389 g/mol. The first-order valence-electron chi connectivity index (χ1n) is 9.05. The molecule has 144 valence electrons. The Labute approximate surface area is 163 Å². The van der Waals surface area contributed by atoms with Gasteiger partial charge in [0.05, 0.1) is 18.7 Å². The summed E-state index contributed by atoms with van der Waals surface area (Å²) in [4.78, 5) is 13.9. The van der Waals surface area contributed by atoms with Crippen molar-refractivity contribution in [3.8, 4) is 0 Å². The molecule has 1 aliphatic heterocycles. The summed E-state index contributed by atoms with van der Waals surface area (Å²) < 4.78 is 17.9. The number of carbonyl (C=O) groups is 1. The number of hydrogen-bond acceptors (Lipinski definition) is 5. The standard InChI is InChI=1S/C20H24FN3O2S/c1-3-10-23-19-8-7-17(12-15(19)6-9-20(23)25)22-27-24(26)13-16-5-4-14(2)11-18(16)21/h4-5,7-8,11-12,22,26H,3,6,9-10,13H2,1-2H3. The van der Waals surface area contributed by atoms with E-state index < -0.39 is 0 Å². The van der Waals surface area contributed by atoms with E-state index in [4.69, 9.17) is 0 Å². The lowest BCUT2D eigenvalue weighted by Crippen LogP contribution is -2.35. The molecular formula is C20H24FN3O2S. The summed E-state index contributed by atoms with van der Waals surface area (Å²) >= 11 is 0.991. The van der Waals surface area contributed by atoms with Gasteiger partial charge in [0, 0.05) is 29.9 Å². The molecule has 1 aliphatic rings. The maximum atomic E-state index is 13.9. The fourth-order valence-corrected chi connectivity index (χ4v) is 3.70. The summed E-state index contributed by atoms with van der Waals surface area (Å²) in [6.07, 6.45) is 2.14. The smallest absolute Gasteiger partial charge is 0.227 e. The Bertz CT molecular complexity index is 831. The molecule has 27 heavy (non-hydrogen) atoms. The minimum Gasteiger partial charge on any atom is -0.315 e. The molecule has 3 rings (SSSR count). The Morgan fingerprint density at radius 2 is 2.07 bits per heavy atom. The minimum absolute atomic E-state index is 0.0630. The Hall–Kier alpha value is -2.09. The number of rotatable bonds is 7. The summed E-state index contributed by atoms with van der Waals surface area (Å²) in [7, 11) is 0. The van der Waals surface area contributed by atoms with E-state index in [0.717, 1.165) is 52.1 Å². The van der Waals surface area contributed by atoms with Crippen molar-refractivity contribution < 1.29 is 14.4 Å². The SMILES string of the molecule is CCCN1C(=O)CCc2cc(NSN(O)Cc3ccc(C)cc3F)ccc21. The van der Waals surface area contributed by atoms with E-state index in [-0.39, 0.29) is 18.3 Å². The largest absolute Gasteiger partial charge is 0.315 e. The van der Waals surface area contributed by atoms with Crippen molar-refractivity contribution in [3.63, 3.8) is 0 Å². The third kappa shape index (κ3) is 4.80. The van der Waals surface area contributed by atoms with Gasteiger partial charge in [0.25, 0.3) is 0 Å². The highest BCUT2D eigenvalue weighted by Gasteiger charge is 2.23. The van der Waals surface area contributed by atoms with E-state index in [1.807, 2.05) is 36.1 Å². The fourth-order valence-electron chi connectivity index (χ4n) is 3.16. The predicted molar refractivity (Wildman–Crippen MR) is 107 cm³/mol. The summed E-state index contributed by atoms with van der Waals surface area (Å²) in [5.41, 5.74) is 4.18. The van der Waals surface area contributed by atoms with E-state index in [1.54, 1.807) is 6.07 Å². The van der Waals surface area contributed by atoms with Gasteiger partial charge in [-0.3, -0.25) is 4.79 Å². The van der Waals surface area contributed by atoms with Gasteiger partial charge in [-0.25, -0.2) is 4.39 Å². The molecule has 0 saturated carbocycles. The molecule has 1 heterocycles. The van der Waals surface area contributed by atoms with Gasteiger partial charge < -0.3 is 14.8 Å². The lowest BCUT2D eigenvalue weighted by molar-refractivity contribution is -0.118. The van der Waals surface area contributed by atoms with Crippen LogP contribution in [0.5, 0.6) is 0 Å². The van der Waals surface area contributed by atoms with E-state index in [9.17, 15) is 14.4 Å². The van der Waals surface area contributed by atoms with Gasteiger partial charge in [-0.05, 0) is 55.2 Å². The van der Waals surface area contributed by atoms with Crippen molar-refractivity contribution in [2.45, 2.75) is 39.7 Å². The number of halogens is 1. The normalized spacial score (nSPS) is 13.8. The Morgan fingerprint density at radius 3 is 2.81 bits per heavy atom. The molecular weight excluding hydrogens is 365 g/mol. The zero-order valence-electron chi connectivity index (χ0n) is 15.5. The number of anilines is 2. The third-order valence-electron chi connectivity index (χ3n) is 4.51. The van der Waals surface area contributed by atoms with Crippen molar-refractivity contribution in [3.05, 3.63) is 58.9 Å². The molecule has 1 amide bonds. The average Bonchev–Trinajstić information content (AvgIpc) is 2.64. The van der Waals surface area contributed by atoms with Crippen LogP contribution in [0.2, 0.25) is 0 Å². The van der Waals surface area contributed by atoms with Gasteiger partial charge in [0.15, 0.2) is 0 Å². The number of aryl methyl sites for hydroxylation is 2. The highest BCUT2D eigenvalue weighted by Crippen LogP contribution is 2.31. The Morgan fingerprint density at radius 1 is 1.26 bits per heavy atom. The van der Waals surface area contributed by atoms with Crippen molar-refractivity contribution in [1.29, 1.82) is 0 Å². The van der Waals surface area contributed by atoms with Crippen LogP contribution in [0.15, 0.2) is 36.4 Å². The maximum absolute atomic E-state index is 13.9. The van der Waals surface area contributed by atoms with E-state index in [1.165, 1.54) is 6.07 Å². The van der Waals surface area contributed by atoms with Crippen molar-refractivity contribution in [2.24, 2.45) is 0 Å². The van der Waals surface area contributed by atoms with Crippen LogP contribution in [-0.2, 0) is 17.8 Å². The first-order valence-corrected chi connectivity index (χ1v) is 9.83. The molecule has 2 N–H and O–H groups in total. The topological polar surface area (TPSA) is 55.8 Å². The number of benzene rings is 2. The van der Waals surface area contributed by atoms with E-state index in [0.29, 0.717) is 18.4 Å². The zero-order valence-corrected chi connectivity index (χ0v) is 16.4. The van der Waals surface area contributed by atoms with Crippen LogP contribution in [0.25, 0.3) is 0 Å². The monoisotopic (exact) mass is 389 g/mol. The van der Waals surface area contributed by atoms with Crippen LogP contribution < -0.4 is 9.62 Å². The zero-order chi connectivity index (χ0) is 19.4. The molecule has 0 bridgehead atoms. The molecule has 0 spiro atoms. The van der Waals surface area contributed by atoms with Crippen LogP contribution in [0.4, 0.5) is 15.8 Å². The van der Waals surface area contributed by atoms with Crippen LogP contribution in [0, 0.1) is 12.7 Å². The summed E-state index contributed by atoms with van der Waals surface area (Å²) in [5, 5.41) is 10.1. The number of hydrogen-bond donors (Lipinski definition) is 2. The quantitative estimate of drug-likeness (QED) is 0.531. The highest BCUT2D eigenvalue weighted by molar-refractivity contribution is 7.98. The molecule has 0 fully saturated rings. The number of hydroxylamine groups is 1. The molecule has 0 unspecified atom stereocenters.